The Morgan fingerprint density at radius 3 is 2.41 bits per heavy atom. The molecule has 12 nitrogen and oxygen atoms in total. The predicted octanol–water partition coefficient (Wildman–Crippen LogP) is 3.58. The first-order valence-corrected chi connectivity index (χ1v) is 19.0. The minimum atomic E-state index is -1.28. The van der Waals surface area contributed by atoms with E-state index in [9.17, 15) is 28.2 Å². The third kappa shape index (κ3) is 9.01. The van der Waals surface area contributed by atoms with Gasteiger partial charge in [-0.05, 0) is 54.1 Å². The molecular weight excluding hydrogens is 646 g/mol. The molecule has 3 fully saturated rings. The maximum Gasteiger partial charge on any atom is 0.315 e. The first-order valence-electron chi connectivity index (χ1n) is 17.5. The van der Waals surface area contributed by atoms with Crippen LogP contribution in [0.15, 0.2) is 35.5 Å². The van der Waals surface area contributed by atoms with Crippen molar-refractivity contribution in [1.29, 1.82) is 0 Å². The topological polar surface area (TPSA) is 167 Å². The van der Waals surface area contributed by atoms with Crippen molar-refractivity contribution in [3.05, 3.63) is 36.8 Å². The van der Waals surface area contributed by atoms with E-state index in [4.69, 9.17) is 4.42 Å². The van der Waals surface area contributed by atoms with Gasteiger partial charge in [0.1, 0.15) is 17.8 Å². The standard InChI is InChI=1S/C36H55N5O7S/c1-8-14-25(28(42)31(44)37-18-9-2)38-30(43)27-26-24(35(26,6)7)20-41(27)32(45)29(34(3,4)5)39-33(46)40-36(16-11-10-12-17-36)22-49(47)21-23-15-13-19-48-23/h9,13,15,19,24-27,29H,2,8,10-12,14,16-18,20-22H2,1,3-7H3,(H,37,44)(H,38,43)(H2,39,40,46)/t24?,25?,26-,27?,29-,49?/m1/s1. The molecule has 272 valence electrons. The van der Waals surface area contributed by atoms with E-state index in [1.807, 2.05) is 27.7 Å². The van der Waals surface area contributed by atoms with Gasteiger partial charge in [-0.15, -0.1) is 6.58 Å². The van der Waals surface area contributed by atoms with Crippen molar-refractivity contribution in [3.8, 4) is 0 Å². The fourth-order valence-electron chi connectivity index (χ4n) is 7.71. The molecule has 49 heavy (non-hydrogen) atoms. The summed E-state index contributed by atoms with van der Waals surface area (Å²) in [5.41, 5.74) is -1.60. The van der Waals surface area contributed by atoms with Crippen molar-refractivity contribution in [3.63, 3.8) is 0 Å². The molecule has 4 rings (SSSR count). The van der Waals surface area contributed by atoms with Crippen molar-refractivity contribution in [2.45, 2.75) is 116 Å². The second-order valence-corrected chi connectivity index (χ2v) is 17.1. The Morgan fingerprint density at radius 2 is 1.82 bits per heavy atom. The molecule has 2 aliphatic carbocycles. The molecule has 1 aromatic rings. The molecule has 0 aromatic carbocycles. The van der Waals surface area contributed by atoms with Gasteiger partial charge < -0.3 is 30.6 Å². The smallest absolute Gasteiger partial charge is 0.315 e. The maximum absolute atomic E-state index is 14.4. The number of rotatable bonds is 15. The summed E-state index contributed by atoms with van der Waals surface area (Å²) in [6, 6.07) is 0.146. The third-order valence-corrected chi connectivity index (χ3v) is 12.0. The molecule has 4 unspecified atom stereocenters. The lowest BCUT2D eigenvalue weighted by Gasteiger charge is -2.40. The van der Waals surface area contributed by atoms with E-state index in [-0.39, 0.29) is 47.6 Å². The Balaban J connectivity index is 1.51. The fraction of sp³-hybridized carbons (Fsp3) is 0.694. The van der Waals surface area contributed by atoms with Crippen LogP contribution in [0.2, 0.25) is 0 Å². The van der Waals surface area contributed by atoms with Crippen molar-refractivity contribution in [2.24, 2.45) is 22.7 Å². The number of nitrogens with zero attached hydrogens (tertiary/aromatic N) is 1. The average Bonchev–Trinajstić information content (AvgIpc) is 3.45. The van der Waals surface area contributed by atoms with Gasteiger partial charge in [0.25, 0.3) is 5.91 Å². The molecule has 0 spiro atoms. The predicted molar refractivity (Wildman–Crippen MR) is 187 cm³/mol. The van der Waals surface area contributed by atoms with Gasteiger partial charge in [-0.2, -0.15) is 0 Å². The molecule has 1 aliphatic heterocycles. The van der Waals surface area contributed by atoms with Gasteiger partial charge in [-0.3, -0.25) is 23.4 Å². The van der Waals surface area contributed by atoms with Gasteiger partial charge in [0.2, 0.25) is 17.6 Å². The highest BCUT2D eigenvalue weighted by atomic mass is 32.2. The summed E-state index contributed by atoms with van der Waals surface area (Å²) in [6.45, 7) is 15.6. The number of amides is 5. The monoisotopic (exact) mass is 701 g/mol. The minimum absolute atomic E-state index is 0.0764. The van der Waals surface area contributed by atoms with E-state index < -0.39 is 63.5 Å². The Labute approximate surface area is 292 Å². The van der Waals surface area contributed by atoms with Crippen LogP contribution in [0.1, 0.15) is 92.2 Å². The zero-order chi connectivity index (χ0) is 36.1. The van der Waals surface area contributed by atoms with E-state index in [1.54, 1.807) is 23.3 Å². The number of hydrogen-bond acceptors (Lipinski definition) is 7. The highest BCUT2D eigenvalue weighted by Crippen LogP contribution is 2.65. The van der Waals surface area contributed by atoms with Gasteiger partial charge in [0, 0.05) is 29.6 Å². The van der Waals surface area contributed by atoms with E-state index in [2.05, 4.69) is 41.7 Å². The van der Waals surface area contributed by atoms with Crippen LogP contribution in [0, 0.1) is 22.7 Å². The lowest BCUT2D eigenvalue weighted by atomic mass is 9.83. The van der Waals surface area contributed by atoms with Gasteiger partial charge in [0.05, 0.1) is 23.6 Å². The number of piperidine rings is 1. The van der Waals surface area contributed by atoms with E-state index in [1.165, 1.54) is 6.08 Å². The summed E-state index contributed by atoms with van der Waals surface area (Å²) in [7, 11) is -1.28. The number of Topliss-reactive ketones (excluding diaryl/α,β-unsaturated/α-hetero) is 1. The van der Waals surface area contributed by atoms with Crippen LogP contribution in [0.5, 0.6) is 0 Å². The van der Waals surface area contributed by atoms with Gasteiger partial charge in [-0.1, -0.05) is 73.3 Å². The lowest BCUT2D eigenvalue weighted by molar-refractivity contribution is -0.145. The summed E-state index contributed by atoms with van der Waals surface area (Å²) in [5.74, 6) is -1.32. The molecule has 2 saturated carbocycles. The molecule has 13 heteroatoms. The highest BCUT2D eigenvalue weighted by molar-refractivity contribution is 7.84. The van der Waals surface area contributed by atoms with Crippen LogP contribution in [0.4, 0.5) is 4.79 Å². The molecule has 1 aromatic heterocycles. The Kier molecular flexibility index (Phi) is 12.2. The van der Waals surface area contributed by atoms with Gasteiger partial charge >= 0.3 is 6.03 Å². The minimum Gasteiger partial charge on any atom is -0.468 e. The number of nitrogens with one attached hydrogen (secondary N) is 4. The largest absolute Gasteiger partial charge is 0.468 e. The van der Waals surface area contributed by atoms with Crippen LogP contribution in [-0.2, 0) is 35.7 Å². The molecule has 5 amide bonds. The molecular formula is C36H55N5O7S. The molecule has 6 atom stereocenters. The maximum atomic E-state index is 14.4. The third-order valence-electron chi connectivity index (χ3n) is 10.5. The molecule has 2 heterocycles. The van der Waals surface area contributed by atoms with Crippen molar-refractivity contribution >= 4 is 40.3 Å². The Hall–Kier alpha value is -3.48. The van der Waals surface area contributed by atoms with Crippen molar-refractivity contribution in [2.75, 3.05) is 18.8 Å². The van der Waals surface area contributed by atoms with Crippen molar-refractivity contribution < 1.29 is 32.6 Å². The normalized spacial score (nSPS) is 24.0. The van der Waals surface area contributed by atoms with E-state index >= 15 is 0 Å². The fourth-order valence-corrected chi connectivity index (χ4v) is 9.27. The van der Waals surface area contributed by atoms with Crippen LogP contribution in [-0.4, -0.2) is 81.2 Å². The number of likely N-dealkylation sites (tertiary alicyclic amines) is 1. The summed E-state index contributed by atoms with van der Waals surface area (Å²) >= 11 is 0. The first-order chi connectivity index (χ1) is 23.0. The average molecular weight is 702 g/mol. The number of fused-ring (bicyclic) bond motifs is 1. The summed E-state index contributed by atoms with van der Waals surface area (Å²) < 4.78 is 18.6. The molecule has 1 saturated heterocycles. The molecule has 0 bridgehead atoms. The number of ketones is 1. The first kappa shape index (κ1) is 38.3. The van der Waals surface area contributed by atoms with Crippen LogP contribution in [0.3, 0.4) is 0 Å². The molecule has 0 radical (unpaired) electrons. The van der Waals surface area contributed by atoms with Gasteiger partial charge in [-0.25, -0.2) is 4.79 Å². The lowest BCUT2D eigenvalue weighted by Crippen LogP contribution is -2.63. The number of urea groups is 1. The highest BCUT2D eigenvalue weighted by Gasteiger charge is 2.70. The molecule has 4 N–H and O–H groups in total. The zero-order valence-electron chi connectivity index (χ0n) is 29.9. The summed E-state index contributed by atoms with van der Waals surface area (Å²) in [4.78, 5) is 69.2. The Bertz CT molecular complexity index is 1410. The van der Waals surface area contributed by atoms with E-state index in [0.717, 1.165) is 19.3 Å². The second kappa shape index (κ2) is 15.6. The molecule has 3 aliphatic rings. The van der Waals surface area contributed by atoms with E-state index in [0.29, 0.717) is 31.6 Å². The van der Waals surface area contributed by atoms with Crippen molar-refractivity contribution in [1.82, 2.24) is 26.2 Å². The SMILES string of the molecule is C=CCNC(=O)C(=O)C(CCC)NC(=O)C1[C@H]2C(CN1C(=O)[C@@H](NC(=O)NC1(CS(=O)Cc3ccco3)CCCCC1)C(C)(C)C)C2(C)C. The van der Waals surface area contributed by atoms with Crippen LogP contribution >= 0.6 is 0 Å². The van der Waals surface area contributed by atoms with Crippen LogP contribution < -0.4 is 21.3 Å². The van der Waals surface area contributed by atoms with Gasteiger partial charge in [0.15, 0.2) is 0 Å². The number of carbonyl (C=O) groups excluding carboxylic acids is 5. The summed E-state index contributed by atoms with van der Waals surface area (Å²) in [6.07, 6.45) is 7.99. The number of carbonyl (C=O) groups is 5. The quantitative estimate of drug-likeness (QED) is 0.160. The van der Waals surface area contributed by atoms with Crippen LogP contribution in [0.25, 0.3) is 0 Å². The summed E-state index contributed by atoms with van der Waals surface area (Å²) in [5, 5.41) is 11.4. The number of hydrogen-bond donors (Lipinski definition) is 4. The number of furan rings is 1. The Morgan fingerprint density at radius 1 is 1.12 bits per heavy atom. The second-order valence-electron chi connectivity index (χ2n) is 15.6. The zero-order valence-corrected chi connectivity index (χ0v) is 30.7.